The van der Waals surface area contributed by atoms with Gasteiger partial charge >= 0.3 is 0 Å². The van der Waals surface area contributed by atoms with Crippen LogP contribution in [-0.2, 0) is 12.0 Å². The Kier molecular flexibility index (Phi) is 4.13. The van der Waals surface area contributed by atoms with Gasteiger partial charge < -0.3 is 34.6 Å². The molecule has 0 bridgehead atoms. The van der Waals surface area contributed by atoms with E-state index in [0.717, 1.165) is 0 Å². The lowest BCUT2D eigenvalue weighted by Gasteiger charge is -2.34. The number of fused-ring (bicyclic) bond motifs is 5. The van der Waals surface area contributed by atoms with Gasteiger partial charge in [0.1, 0.15) is 23.9 Å². The second kappa shape index (κ2) is 6.18. The van der Waals surface area contributed by atoms with Crippen LogP contribution in [0.15, 0.2) is 24.3 Å². The topological polar surface area (TPSA) is 109 Å². The van der Waals surface area contributed by atoms with Crippen LogP contribution in [0.1, 0.15) is 43.1 Å². The quantitative estimate of drug-likeness (QED) is 0.637. The Balaban J connectivity index is 1.84. The second-order valence-electron chi connectivity index (χ2n) is 8.03. The van der Waals surface area contributed by atoms with Crippen molar-refractivity contribution < 1.29 is 34.6 Å². The number of ether oxygens (including phenoxy) is 3. The molecule has 0 amide bonds. The first-order valence-electron chi connectivity index (χ1n) is 9.14. The number of phenolic OH excluding ortho intramolecular Hbond substituents is 2. The van der Waals surface area contributed by atoms with E-state index in [9.17, 15) is 20.4 Å². The highest BCUT2D eigenvalue weighted by molar-refractivity contribution is 5.63. The van der Waals surface area contributed by atoms with Crippen LogP contribution in [-0.4, -0.2) is 39.7 Å². The molecule has 0 saturated carbocycles. The maximum Gasteiger partial charge on any atom is 0.168 e. The Morgan fingerprint density at radius 3 is 2.68 bits per heavy atom. The number of rotatable bonds is 4. The number of hydrogen-bond acceptors (Lipinski definition) is 7. The molecule has 4 rings (SSSR count). The summed E-state index contributed by atoms with van der Waals surface area (Å²) in [5, 5.41) is 41.7. The third-order valence-electron chi connectivity index (χ3n) is 5.36. The Bertz CT molecular complexity index is 931. The minimum absolute atomic E-state index is 0.0601. The monoisotopic (exact) mass is 388 g/mol. The van der Waals surface area contributed by atoms with Gasteiger partial charge in [0.15, 0.2) is 23.2 Å². The van der Waals surface area contributed by atoms with E-state index in [4.69, 9.17) is 14.2 Å². The average Bonchev–Trinajstić information content (AvgIpc) is 2.91. The summed E-state index contributed by atoms with van der Waals surface area (Å²) >= 11 is 0. The van der Waals surface area contributed by atoms with Gasteiger partial charge in [0, 0.05) is 22.8 Å². The van der Waals surface area contributed by atoms with Gasteiger partial charge in [-0.05, 0) is 44.9 Å². The Morgan fingerprint density at radius 2 is 2.00 bits per heavy atom. The van der Waals surface area contributed by atoms with Crippen LogP contribution in [0, 0.1) is 0 Å². The fraction of sp³-hybridized carbons (Fsp3) is 0.429. The first-order chi connectivity index (χ1) is 13.1. The van der Waals surface area contributed by atoms with Crippen molar-refractivity contribution in [2.75, 3.05) is 13.7 Å². The van der Waals surface area contributed by atoms with Crippen LogP contribution in [0.4, 0.5) is 0 Å². The molecule has 2 aromatic rings. The molecule has 4 N–H and O–H groups in total. The minimum Gasteiger partial charge on any atom is -0.508 e. The molecule has 2 aliphatic heterocycles. The number of benzene rings is 2. The van der Waals surface area contributed by atoms with Gasteiger partial charge in [-0.15, -0.1) is 0 Å². The molecule has 150 valence electrons. The second-order valence-corrected chi connectivity index (χ2v) is 8.03. The Hall–Kier alpha value is -2.64. The number of phenols is 2. The van der Waals surface area contributed by atoms with Gasteiger partial charge in [0.25, 0.3) is 0 Å². The van der Waals surface area contributed by atoms with E-state index in [0.29, 0.717) is 41.0 Å². The van der Waals surface area contributed by atoms with E-state index in [1.165, 1.54) is 25.3 Å². The normalized spacial score (nSPS) is 22.5. The van der Waals surface area contributed by atoms with Gasteiger partial charge in [0.05, 0.1) is 12.7 Å². The van der Waals surface area contributed by atoms with Crippen LogP contribution in [0.25, 0.3) is 0 Å². The molecule has 0 radical (unpaired) electrons. The van der Waals surface area contributed by atoms with Crippen LogP contribution < -0.4 is 14.2 Å². The Morgan fingerprint density at radius 1 is 1.25 bits per heavy atom. The fourth-order valence-electron chi connectivity index (χ4n) is 3.91. The van der Waals surface area contributed by atoms with Crippen LogP contribution in [0.3, 0.4) is 0 Å². The Labute approximate surface area is 162 Å². The first-order valence-corrected chi connectivity index (χ1v) is 9.14. The SMILES string of the molecule is COc1c(O)cc2c(c1CCC(C)(C)O)O[C@H]1c3ccc(O)cc3OC[C@@]21O. The van der Waals surface area contributed by atoms with E-state index < -0.39 is 17.3 Å². The molecule has 0 fully saturated rings. The summed E-state index contributed by atoms with van der Waals surface area (Å²) < 4.78 is 17.3. The van der Waals surface area contributed by atoms with Crippen molar-refractivity contribution in [3.05, 3.63) is 41.0 Å². The lowest BCUT2D eigenvalue weighted by Crippen LogP contribution is -2.41. The van der Waals surface area contributed by atoms with E-state index >= 15 is 0 Å². The number of aliphatic hydroxyl groups is 2. The van der Waals surface area contributed by atoms with Crippen LogP contribution in [0.5, 0.6) is 28.7 Å². The molecule has 7 nitrogen and oxygen atoms in total. The molecule has 2 heterocycles. The third-order valence-corrected chi connectivity index (χ3v) is 5.36. The van der Waals surface area contributed by atoms with Crippen molar-refractivity contribution in [1.29, 1.82) is 0 Å². The molecule has 0 aromatic heterocycles. The first kappa shape index (κ1) is 18.7. The van der Waals surface area contributed by atoms with Crippen molar-refractivity contribution in [2.45, 2.75) is 44.0 Å². The zero-order chi connectivity index (χ0) is 20.3. The maximum absolute atomic E-state index is 11.4. The highest BCUT2D eigenvalue weighted by Gasteiger charge is 2.54. The van der Waals surface area contributed by atoms with Gasteiger partial charge in [-0.2, -0.15) is 0 Å². The fourth-order valence-corrected chi connectivity index (χ4v) is 3.91. The van der Waals surface area contributed by atoms with Gasteiger partial charge in [0.2, 0.25) is 0 Å². The maximum atomic E-state index is 11.4. The lowest BCUT2D eigenvalue weighted by atomic mass is 9.83. The molecule has 0 spiro atoms. The minimum atomic E-state index is -1.49. The molecule has 0 saturated heterocycles. The van der Waals surface area contributed by atoms with Crippen molar-refractivity contribution in [3.63, 3.8) is 0 Å². The van der Waals surface area contributed by atoms with Gasteiger partial charge in [-0.1, -0.05) is 0 Å². The van der Waals surface area contributed by atoms with Crippen LogP contribution in [0.2, 0.25) is 0 Å². The zero-order valence-electron chi connectivity index (χ0n) is 16.0. The highest BCUT2D eigenvalue weighted by atomic mass is 16.5. The lowest BCUT2D eigenvalue weighted by molar-refractivity contribution is -0.0865. The molecule has 2 atom stereocenters. The summed E-state index contributed by atoms with van der Waals surface area (Å²) in [5.41, 5.74) is -0.802. The van der Waals surface area contributed by atoms with Crippen molar-refractivity contribution in [1.82, 2.24) is 0 Å². The number of aromatic hydroxyl groups is 2. The molecule has 7 heteroatoms. The average molecular weight is 388 g/mol. The van der Waals surface area contributed by atoms with Crippen LogP contribution >= 0.6 is 0 Å². The standard InChI is InChI=1S/C21H24O7/c1-20(2,24)7-6-13-17-14(9-15(23)18(13)26-3)21(25)10-27-16-8-11(22)4-5-12(16)19(21)28-17/h4-5,8-9,19,22-25H,6-7,10H2,1-3H3/t19-,21+/m0/s1. The van der Waals surface area contributed by atoms with E-state index in [1.54, 1.807) is 19.9 Å². The van der Waals surface area contributed by atoms with E-state index in [2.05, 4.69) is 0 Å². The summed E-state index contributed by atoms with van der Waals surface area (Å²) in [6, 6.07) is 6.08. The predicted molar refractivity (Wildman–Crippen MR) is 100 cm³/mol. The third kappa shape index (κ3) is 2.82. The predicted octanol–water partition coefficient (Wildman–Crippen LogP) is 2.52. The largest absolute Gasteiger partial charge is 0.508 e. The number of methoxy groups -OCH3 is 1. The van der Waals surface area contributed by atoms with Gasteiger partial charge in [-0.25, -0.2) is 0 Å². The van der Waals surface area contributed by atoms with Crippen molar-refractivity contribution in [3.8, 4) is 28.7 Å². The van der Waals surface area contributed by atoms with Crippen molar-refractivity contribution in [2.24, 2.45) is 0 Å². The summed E-state index contributed by atoms with van der Waals surface area (Å²) in [4.78, 5) is 0. The zero-order valence-corrected chi connectivity index (χ0v) is 16.0. The van der Waals surface area contributed by atoms with Crippen molar-refractivity contribution >= 4 is 0 Å². The summed E-state index contributed by atoms with van der Waals surface area (Å²) in [6.45, 7) is 3.32. The molecule has 2 aliphatic rings. The number of hydrogen-bond donors (Lipinski definition) is 4. The smallest absolute Gasteiger partial charge is 0.168 e. The van der Waals surface area contributed by atoms with E-state index in [-0.39, 0.29) is 23.9 Å². The van der Waals surface area contributed by atoms with Gasteiger partial charge in [-0.3, -0.25) is 0 Å². The molecular formula is C21H24O7. The highest BCUT2D eigenvalue weighted by Crippen LogP contribution is 2.58. The molecule has 0 aliphatic carbocycles. The molecular weight excluding hydrogens is 364 g/mol. The molecule has 0 unspecified atom stereocenters. The molecule has 28 heavy (non-hydrogen) atoms. The summed E-state index contributed by atoms with van der Waals surface area (Å²) in [5.74, 6) is 1.08. The molecule has 2 aromatic carbocycles. The van der Waals surface area contributed by atoms with E-state index in [1.807, 2.05) is 0 Å². The summed E-state index contributed by atoms with van der Waals surface area (Å²) in [6.07, 6.45) is 0.0431. The summed E-state index contributed by atoms with van der Waals surface area (Å²) in [7, 11) is 1.45.